The predicted octanol–water partition coefficient (Wildman–Crippen LogP) is 4.70. The van der Waals surface area contributed by atoms with Crippen molar-refractivity contribution in [3.63, 3.8) is 0 Å². The molecule has 4 rings (SSSR count). The molecule has 1 aliphatic rings. The van der Waals surface area contributed by atoms with Gasteiger partial charge < -0.3 is 21.3 Å². The third-order valence-corrected chi connectivity index (χ3v) is 5.24. The average Bonchev–Trinajstić information content (AvgIpc) is 3.13. The van der Waals surface area contributed by atoms with Crippen LogP contribution < -0.4 is 21.3 Å². The molecule has 2 aromatic carbocycles. The van der Waals surface area contributed by atoms with Gasteiger partial charge in [0.15, 0.2) is 0 Å². The van der Waals surface area contributed by atoms with E-state index in [0.29, 0.717) is 16.9 Å². The molecule has 0 saturated carbocycles. The number of carbonyl (C=O) groups excluding carboxylic acids is 1. The molecule has 10 heteroatoms. The molecule has 1 amide bonds. The molecule has 1 aliphatic heterocycles. The van der Waals surface area contributed by atoms with Crippen LogP contribution in [0, 0.1) is 6.92 Å². The van der Waals surface area contributed by atoms with Gasteiger partial charge in [-0.05, 0) is 36.2 Å². The summed E-state index contributed by atoms with van der Waals surface area (Å²) in [4.78, 5) is 19.7. The van der Waals surface area contributed by atoms with Crippen LogP contribution in [-0.4, -0.2) is 22.9 Å². The van der Waals surface area contributed by atoms with Crippen molar-refractivity contribution in [2.45, 2.75) is 26.1 Å². The third-order valence-electron chi connectivity index (χ3n) is 5.24. The minimum atomic E-state index is -4.62. The van der Waals surface area contributed by atoms with Crippen molar-refractivity contribution in [2.24, 2.45) is 0 Å². The quantitative estimate of drug-likeness (QED) is 0.443. The first-order valence-electron chi connectivity index (χ1n) is 9.89. The van der Waals surface area contributed by atoms with E-state index in [1.54, 1.807) is 25.2 Å². The number of aromatic nitrogens is 2. The van der Waals surface area contributed by atoms with Crippen LogP contribution in [0.4, 0.5) is 42.0 Å². The molecule has 0 fully saturated rings. The lowest BCUT2D eigenvalue weighted by Crippen LogP contribution is -2.15. The zero-order valence-electron chi connectivity index (χ0n) is 17.4. The number of fused-ring (bicyclic) bond motifs is 1. The maximum atomic E-state index is 13.6. The summed E-state index contributed by atoms with van der Waals surface area (Å²) in [7, 11) is 1.75. The highest BCUT2D eigenvalue weighted by molar-refractivity contribution is 6.01. The molecule has 0 aliphatic carbocycles. The maximum absolute atomic E-state index is 13.6. The summed E-state index contributed by atoms with van der Waals surface area (Å²) in [5.41, 5.74) is 3.55. The van der Waals surface area contributed by atoms with E-state index in [1.807, 2.05) is 25.1 Å². The summed E-state index contributed by atoms with van der Waals surface area (Å²) in [5.74, 6) is -0.488. The Kier molecular flexibility index (Phi) is 5.60. The molecule has 0 saturated heterocycles. The first-order valence-corrected chi connectivity index (χ1v) is 9.89. The monoisotopic (exact) mass is 442 g/mol. The van der Waals surface area contributed by atoms with Crippen LogP contribution in [-0.2, 0) is 23.9 Å². The minimum absolute atomic E-state index is 0.00753. The Morgan fingerprint density at radius 1 is 1.12 bits per heavy atom. The zero-order valence-corrected chi connectivity index (χ0v) is 17.4. The standard InChI is InChI=1S/C22H21F3N6O/c1-12-5-3-6-16(26-2)14(12)10-27-20-15(22(23,24)25)11-28-21(31-20)30-18-8-4-7-17-13(18)9-19(32)29-17/h3-8,11,26H,9-10H2,1-2H3,(H,29,32)(H2,27,28,30,31). The van der Waals surface area contributed by atoms with Gasteiger partial charge in [-0.25, -0.2) is 4.98 Å². The lowest BCUT2D eigenvalue weighted by atomic mass is 10.1. The highest BCUT2D eigenvalue weighted by Gasteiger charge is 2.35. The summed E-state index contributed by atoms with van der Waals surface area (Å²) in [6.07, 6.45) is -3.70. The van der Waals surface area contributed by atoms with E-state index in [1.165, 1.54) is 0 Å². The van der Waals surface area contributed by atoms with E-state index in [0.717, 1.165) is 23.0 Å². The van der Waals surface area contributed by atoms with Crippen LogP contribution in [0.15, 0.2) is 42.6 Å². The van der Waals surface area contributed by atoms with Gasteiger partial charge in [0.25, 0.3) is 0 Å². The van der Waals surface area contributed by atoms with Gasteiger partial charge in [-0.1, -0.05) is 18.2 Å². The summed E-state index contributed by atoms with van der Waals surface area (Å²) in [6, 6.07) is 10.8. The fraction of sp³-hybridized carbons (Fsp3) is 0.227. The third kappa shape index (κ3) is 4.29. The Morgan fingerprint density at radius 2 is 1.88 bits per heavy atom. The number of amides is 1. The van der Waals surface area contributed by atoms with E-state index >= 15 is 0 Å². The van der Waals surface area contributed by atoms with Gasteiger partial charge in [0.05, 0.1) is 6.42 Å². The summed E-state index contributed by atoms with van der Waals surface area (Å²) >= 11 is 0. The van der Waals surface area contributed by atoms with Crippen LogP contribution in [0.3, 0.4) is 0 Å². The van der Waals surface area contributed by atoms with E-state index in [2.05, 4.69) is 31.2 Å². The largest absolute Gasteiger partial charge is 0.421 e. The number of nitrogens with zero attached hydrogens (tertiary/aromatic N) is 2. The van der Waals surface area contributed by atoms with Crippen molar-refractivity contribution >= 4 is 34.7 Å². The second-order valence-corrected chi connectivity index (χ2v) is 7.34. The van der Waals surface area contributed by atoms with Crippen molar-refractivity contribution in [3.8, 4) is 0 Å². The van der Waals surface area contributed by atoms with Gasteiger partial charge in [-0.15, -0.1) is 0 Å². The smallest absolute Gasteiger partial charge is 0.388 e. The van der Waals surface area contributed by atoms with E-state index in [9.17, 15) is 18.0 Å². The van der Waals surface area contributed by atoms with Gasteiger partial charge in [-0.3, -0.25) is 4.79 Å². The molecule has 0 spiro atoms. The number of alkyl halides is 3. The Labute approximate surface area is 182 Å². The SMILES string of the molecule is CNc1cccc(C)c1CNc1nc(Nc2cccc3c2CC(=O)N3)ncc1C(F)(F)F. The highest BCUT2D eigenvalue weighted by atomic mass is 19.4. The van der Waals surface area contributed by atoms with Crippen LogP contribution >= 0.6 is 0 Å². The molecule has 2 heterocycles. The Bertz CT molecular complexity index is 1180. The van der Waals surface area contributed by atoms with Crippen LogP contribution in [0.1, 0.15) is 22.3 Å². The van der Waals surface area contributed by atoms with Gasteiger partial charge in [0.1, 0.15) is 11.4 Å². The molecule has 4 N–H and O–H groups in total. The van der Waals surface area contributed by atoms with Gasteiger partial charge >= 0.3 is 6.18 Å². The summed E-state index contributed by atoms with van der Waals surface area (Å²) < 4.78 is 40.7. The van der Waals surface area contributed by atoms with Gasteiger partial charge in [0.2, 0.25) is 11.9 Å². The molecule has 0 bridgehead atoms. The molecule has 166 valence electrons. The van der Waals surface area contributed by atoms with E-state index in [-0.39, 0.29) is 30.6 Å². The molecule has 0 atom stereocenters. The molecular formula is C22H21F3N6O. The number of anilines is 5. The Balaban J connectivity index is 1.65. The van der Waals surface area contributed by atoms with Crippen molar-refractivity contribution in [3.05, 3.63) is 64.8 Å². The van der Waals surface area contributed by atoms with E-state index < -0.39 is 11.7 Å². The Hall–Kier alpha value is -3.82. The van der Waals surface area contributed by atoms with Gasteiger partial charge in [-0.2, -0.15) is 18.2 Å². The van der Waals surface area contributed by atoms with Crippen molar-refractivity contribution < 1.29 is 18.0 Å². The van der Waals surface area contributed by atoms with E-state index in [4.69, 9.17) is 0 Å². The first-order chi connectivity index (χ1) is 15.3. The number of aryl methyl sites for hydroxylation is 1. The van der Waals surface area contributed by atoms with Crippen LogP contribution in [0.25, 0.3) is 0 Å². The molecule has 7 nitrogen and oxygen atoms in total. The van der Waals surface area contributed by atoms with Crippen molar-refractivity contribution in [1.82, 2.24) is 9.97 Å². The number of benzene rings is 2. The fourth-order valence-corrected chi connectivity index (χ4v) is 3.61. The minimum Gasteiger partial charge on any atom is -0.388 e. The number of halogens is 3. The average molecular weight is 442 g/mol. The lowest BCUT2D eigenvalue weighted by Gasteiger charge is -2.17. The topological polar surface area (TPSA) is 91.0 Å². The second kappa shape index (κ2) is 8.37. The number of rotatable bonds is 6. The summed E-state index contributed by atoms with van der Waals surface area (Å²) in [5, 5.41) is 11.5. The van der Waals surface area contributed by atoms with Gasteiger partial charge in [0, 0.05) is 42.4 Å². The number of hydrogen-bond donors (Lipinski definition) is 4. The molecular weight excluding hydrogens is 421 g/mol. The second-order valence-electron chi connectivity index (χ2n) is 7.34. The molecule has 0 radical (unpaired) electrons. The summed E-state index contributed by atoms with van der Waals surface area (Å²) in [6.45, 7) is 2.03. The predicted molar refractivity (Wildman–Crippen MR) is 117 cm³/mol. The van der Waals surface area contributed by atoms with Crippen LogP contribution in [0.5, 0.6) is 0 Å². The highest BCUT2D eigenvalue weighted by Crippen LogP contribution is 2.36. The number of carbonyl (C=O) groups is 1. The molecule has 1 aromatic heterocycles. The first kappa shape index (κ1) is 21.4. The van der Waals surface area contributed by atoms with Crippen LogP contribution in [0.2, 0.25) is 0 Å². The molecule has 0 unspecified atom stereocenters. The molecule has 32 heavy (non-hydrogen) atoms. The molecule has 3 aromatic rings. The van der Waals surface area contributed by atoms with Crippen molar-refractivity contribution in [2.75, 3.05) is 28.3 Å². The fourth-order valence-electron chi connectivity index (χ4n) is 3.61. The maximum Gasteiger partial charge on any atom is 0.421 e. The Morgan fingerprint density at radius 3 is 2.62 bits per heavy atom. The lowest BCUT2D eigenvalue weighted by molar-refractivity contribution is -0.137. The number of hydrogen-bond acceptors (Lipinski definition) is 6. The zero-order chi connectivity index (χ0) is 22.9. The van der Waals surface area contributed by atoms with Crippen molar-refractivity contribution in [1.29, 1.82) is 0 Å². The number of nitrogens with one attached hydrogen (secondary N) is 4. The normalized spacial score (nSPS) is 12.8.